The zero-order chi connectivity index (χ0) is 14.9. The van der Waals surface area contributed by atoms with E-state index in [1.807, 2.05) is 0 Å². The number of aryl methyl sites for hydroxylation is 1. The standard InChI is InChI=1S/C12H8BrClFN3O2/c1-5-7(11(19)20)4-16-12(17-5)18-10-8(13)2-6(15)3-9(10)14/h2-4H,1H3,(H,19,20)(H,16,17,18). The maximum atomic E-state index is 13.1. The highest BCUT2D eigenvalue weighted by molar-refractivity contribution is 9.10. The van der Waals surface area contributed by atoms with Gasteiger partial charge in [-0.05, 0) is 35.0 Å². The molecule has 0 spiro atoms. The van der Waals surface area contributed by atoms with E-state index in [4.69, 9.17) is 16.7 Å². The van der Waals surface area contributed by atoms with Crippen molar-refractivity contribution in [1.29, 1.82) is 0 Å². The van der Waals surface area contributed by atoms with Gasteiger partial charge in [-0.2, -0.15) is 0 Å². The van der Waals surface area contributed by atoms with Crippen LogP contribution in [0.25, 0.3) is 0 Å². The number of carboxylic acids is 1. The van der Waals surface area contributed by atoms with Gasteiger partial charge in [-0.3, -0.25) is 0 Å². The number of carboxylic acid groups (broad SMARTS) is 1. The first-order valence-corrected chi connectivity index (χ1v) is 6.54. The van der Waals surface area contributed by atoms with E-state index in [1.54, 1.807) is 6.92 Å². The van der Waals surface area contributed by atoms with Gasteiger partial charge < -0.3 is 10.4 Å². The Hall–Kier alpha value is -1.73. The lowest BCUT2D eigenvalue weighted by atomic mass is 10.2. The molecule has 0 saturated carbocycles. The van der Waals surface area contributed by atoms with E-state index >= 15 is 0 Å². The van der Waals surface area contributed by atoms with Gasteiger partial charge in [0, 0.05) is 10.7 Å². The van der Waals surface area contributed by atoms with Gasteiger partial charge in [0.15, 0.2) is 0 Å². The number of hydrogen-bond acceptors (Lipinski definition) is 4. The molecule has 1 heterocycles. The molecular formula is C12H8BrClFN3O2. The Morgan fingerprint density at radius 2 is 2.20 bits per heavy atom. The summed E-state index contributed by atoms with van der Waals surface area (Å²) in [5.41, 5.74) is 0.722. The summed E-state index contributed by atoms with van der Waals surface area (Å²) in [5.74, 6) is -1.41. The van der Waals surface area contributed by atoms with E-state index in [2.05, 4.69) is 31.2 Å². The molecule has 20 heavy (non-hydrogen) atoms. The van der Waals surface area contributed by atoms with Crippen molar-refractivity contribution in [3.05, 3.63) is 44.9 Å². The number of aromatic nitrogens is 2. The third kappa shape index (κ3) is 3.05. The maximum absolute atomic E-state index is 13.1. The van der Waals surface area contributed by atoms with Crippen LogP contribution in [0.1, 0.15) is 16.1 Å². The van der Waals surface area contributed by atoms with Crippen LogP contribution in [0.15, 0.2) is 22.8 Å². The molecule has 2 N–H and O–H groups in total. The molecule has 0 fully saturated rings. The average Bonchev–Trinajstić information content (AvgIpc) is 2.33. The molecule has 1 aromatic heterocycles. The van der Waals surface area contributed by atoms with Gasteiger partial charge in [-0.15, -0.1) is 0 Å². The fraction of sp³-hybridized carbons (Fsp3) is 0.0833. The summed E-state index contributed by atoms with van der Waals surface area (Å²) < 4.78 is 13.5. The molecule has 1 aromatic carbocycles. The van der Waals surface area contributed by atoms with E-state index in [9.17, 15) is 9.18 Å². The molecule has 0 aliphatic rings. The lowest BCUT2D eigenvalue weighted by Gasteiger charge is -2.10. The van der Waals surface area contributed by atoms with Crippen LogP contribution in [0.3, 0.4) is 0 Å². The Balaban J connectivity index is 2.36. The van der Waals surface area contributed by atoms with E-state index in [0.29, 0.717) is 15.9 Å². The van der Waals surface area contributed by atoms with Crippen LogP contribution >= 0.6 is 27.5 Å². The fourth-order valence-electron chi connectivity index (χ4n) is 1.51. The maximum Gasteiger partial charge on any atom is 0.339 e. The second-order valence-electron chi connectivity index (χ2n) is 3.87. The predicted octanol–water partition coefficient (Wildman–Crippen LogP) is 3.78. The number of aromatic carboxylic acids is 1. The molecule has 0 saturated heterocycles. The Bertz CT molecular complexity index is 673. The van der Waals surface area contributed by atoms with E-state index in [1.165, 1.54) is 12.3 Å². The first-order valence-electron chi connectivity index (χ1n) is 5.37. The van der Waals surface area contributed by atoms with Gasteiger partial charge in [0.1, 0.15) is 5.82 Å². The lowest BCUT2D eigenvalue weighted by molar-refractivity contribution is 0.0695. The molecule has 8 heteroatoms. The number of carbonyl (C=O) groups is 1. The molecule has 0 aliphatic carbocycles. The molecule has 0 aliphatic heterocycles. The minimum absolute atomic E-state index is 0.0137. The van der Waals surface area contributed by atoms with E-state index in [0.717, 1.165) is 6.07 Å². The number of nitrogens with zero attached hydrogens (tertiary/aromatic N) is 2. The first kappa shape index (κ1) is 14.7. The molecule has 0 unspecified atom stereocenters. The minimum atomic E-state index is -1.10. The Morgan fingerprint density at radius 1 is 1.50 bits per heavy atom. The van der Waals surface area contributed by atoms with Crippen molar-refractivity contribution >= 4 is 45.1 Å². The van der Waals surface area contributed by atoms with Crippen LogP contribution in [0.2, 0.25) is 5.02 Å². The second kappa shape index (κ2) is 5.72. The Labute approximate surface area is 126 Å². The molecule has 2 aromatic rings. The second-order valence-corrected chi connectivity index (χ2v) is 5.13. The van der Waals surface area contributed by atoms with Crippen molar-refractivity contribution in [1.82, 2.24) is 9.97 Å². The molecule has 5 nitrogen and oxygen atoms in total. The van der Waals surface area contributed by atoms with Gasteiger partial charge in [0.25, 0.3) is 0 Å². The third-order valence-corrected chi connectivity index (χ3v) is 3.38. The number of halogens is 3. The largest absolute Gasteiger partial charge is 0.478 e. The van der Waals surface area contributed by atoms with Gasteiger partial charge in [0.2, 0.25) is 5.95 Å². The smallest absolute Gasteiger partial charge is 0.339 e. The number of nitrogens with one attached hydrogen (secondary N) is 1. The average molecular weight is 361 g/mol. The van der Waals surface area contributed by atoms with Gasteiger partial charge in [0.05, 0.1) is 22.0 Å². The van der Waals surface area contributed by atoms with Gasteiger partial charge in [-0.25, -0.2) is 19.2 Å². The van der Waals surface area contributed by atoms with Crippen molar-refractivity contribution in [2.45, 2.75) is 6.92 Å². The van der Waals surface area contributed by atoms with Crippen molar-refractivity contribution in [3.8, 4) is 0 Å². The van der Waals surface area contributed by atoms with Crippen molar-refractivity contribution < 1.29 is 14.3 Å². The van der Waals surface area contributed by atoms with E-state index < -0.39 is 11.8 Å². The molecule has 0 bridgehead atoms. The van der Waals surface area contributed by atoms with Crippen LogP contribution in [0.5, 0.6) is 0 Å². The third-order valence-electron chi connectivity index (χ3n) is 2.45. The first-order chi connectivity index (χ1) is 9.38. The summed E-state index contributed by atoms with van der Waals surface area (Å²) in [7, 11) is 0. The van der Waals surface area contributed by atoms with E-state index in [-0.39, 0.29) is 16.5 Å². The summed E-state index contributed by atoms with van der Waals surface area (Å²) in [5, 5.41) is 11.9. The molecule has 0 amide bonds. The van der Waals surface area contributed by atoms with Crippen molar-refractivity contribution in [2.24, 2.45) is 0 Å². The highest BCUT2D eigenvalue weighted by atomic mass is 79.9. The Kier molecular flexibility index (Phi) is 4.20. The van der Waals surface area contributed by atoms with Gasteiger partial charge in [-0.1, -0.05) is 11.6 Å². The summed E-state index contributed by atoms with van der Waals surface area (Å²) >= 11 is 9.10. The fourth-order valence-corrected chi connectivity index (χ4v) is 2.41. The van der Waals surface area contributed by atoms with Crippen LogP contribution in [0, 0.1) is 12.7 Å². The predicted molar refractivity (Wildman–Crippen MR) is 76.1 cm³/mol. The van der Waals surface area contributed by atoms with Crippen molar-refractivity contribution in [3.63, 3.8) is 0 Å². The Morgan fingerprint density at radius 3 is 2.75 bits per heavy atom. The van der Waals surface area contributed by atoms with Gasteiger partial charge >= 0.3 is 5.97 Å². The number of hydrogen-bond donors (Lipinski definition) is 2. The molecular weight excluding hydrogens is 353 g/mol. The quantitative estimate of drug-likeness (QED) is 0.871. The van der Waals surface area contributed by atoms with Crippen LogP contribution in [-0.2, 0) is 0 Å². The number of anilines is 2. The highest BCUT2D eigenvalue weighted by Gasteiger charge is 2.13. The summed E-state index contributed by atoms with van der Waals surface area (Å²) in [6.07, 6.45) is 1.19. The van der Waals surface area contributed by atoms with Crippen LogP contribution < -0.4 is 5.32 Å². The lowest BCUT2D eigenvalue weighted by Crippen LogP contribution is -2.06. The number of rotatable bonds is 3. The molecule has 0 radical (unpaired) electrons. The summed E-state index contributed by atoms with van der Waals surface area (Å²) in [6.45, 7) is 1.55. The summed E-state index contributed by atoms with van der Waals surface area (Å²) in [4.78, 5) is 18.8. The minimum Gasteiger partial charge on any atom is -0.478 e. The summed E-state index contributed by atoms with van der Waals surface area (Å²) in [6, 6.07) is 2.39. The number of benzene rings is 1. The SMILES string of the molecule is Cc1nc(Nc2c(Cl)cc(F)cc2Br)ncc1C(=O)O. The molecule has 0 atom stereocenters. The molecule has 104 valence electrons. The van der Waals surface area contributed by atoms with Crippen LogP contribution in [0.4, 0.5) is 16.0 Å². The topological polar surface area (TPSA) is 75.1 Å². The monoisotopic (exact) mass is 359 g/mol. The zero-order valence-electron chi connectivity index (χ0n) is 10.1. The normalized spacial score (nSPS) is 10.4. The van der Waals surface area contributed by atoms with Crippen molar-refractivity contribution in [2.75, 3.05) is 5.32 Å². The highest BCUT2D eigenvalue weighted by Crippen LogP contribution is 2.33. The molecule has 2 rings (SSSR count). The zero-order valence-corrected chi connectivity index (χ0v) is 12.5. The van der Waals surface area contributed by atoms with Crippen LogP contribution in [-0.4, -0.2) is 21.0 Å².